The van der Waals surface area contributed by atoms with Crippen molar-refractivity contribution < 1.29 is 9.52 Å². The highest BCUT2D eigenvalue weighted by atomic mass is 35.5. The van der Waals surface area contributed by atoms with Crippen molar-refractivity contribution in [3.8, 4) is 0 Å². The highest BCUT2D eigenvalue weighted by Gasteiger charge is 2.15. The predicted octanol–water partition coefficient (Wildman–Crippen LogP) is 2.60. The Kier molecular flexibility index (Phi) is 2.66. The number of aliphatic hydroxyl groups excluding tert-OH is 1. The van der Waals surface area contributed by atoms with E-state index in [4.69, 9.17) is 21.8 Å². The highest BCUT2D eigenvalue weighted by Crippen LogP contribution is 2.28. The molecule has 2 aromatic rings. The van der Waals surface area contributed by atoms with Gasteiger partial charge in [-0.3, -0.25) is 0 Å². The number of nitrogen functional groups attached to an aromatic ring is 1. The minimum atomic E-state index is -0.850. The van der Waals surface area contributed by atoms with Crippen LogP contribution in [0.4, 0.5) is 5.69 Å². The molecule has 0 bridgehead atoms. The van der Waals surface area contributed by atoms with Crippen molar-refractivity contribution in [1.82, 2.24) is 0 Å². The summed E-state index contributed by atoms with van der Waals surface area (Å²) in [5.74, 6) is 0.462. The van der Waals surface area contributed by atoms with E-state index in [9.17, 15) is 5.11 Å². The lowest BCUT2D eigenvalue weighted by molar-refractivity contribution is 0.190. The van der Waals surface area contributed by atoms with Crippen LogP contribution in [0, 0.1) is 0 Å². The molecule has 0 aliphatic rings. The second kappa shape index (κ2) is 3.96. The summed E-state index contributed by atoms with van der Waals surface area (Å²) in [6, 6.07) is 8.37. The summed E-state index contributed by atoms with van der Waals surface area (Å²) in [5.41, 5.74) is 6.78. The van der Waals surface area contributed by atoms with Crippen molar-refractivity contribution in [2.24, 2.45) is 0 Å². The van der Waals surface area contributed by atoms with Crippen molar-refractivity contribution >= 4 is 17.3 Å². The molecule has 2 rings (SSSR count). The molecule has 0 aliphatic carbocycles. The topological polar surface area (TPSA) is 59.4 Å². The first kappa shape index (κ1) is 10.1. The van der Waals surface area contributed by atoms with E-state index in [1.54, 1.807) is 30.3 Å². The van der Waals surface area contributed by atoms with Gasteiger partial charge in [0.15, 0.2) is 0 Å². The number of halogens is 1. The van der Waals surface area contributed by atoms with Gasteiger partial charge in [-0.25, -0.2) is 0 Å². The van der Waals surface area contributed by atoms with Gasteiger partial charge >= 0.3 is 0 Å². The molecular weight excluding hydrogens is 214 g/mol. The van der Waals surface area contributed by atoms with Crippen LogP contribution >= 0.6 is 11.6 Å². The molecule has 1 heterocycles. The summed E-state index contributed by atoms with van der Waals surface area (Å²) < 4.78 is 5.10. The fraction of sp³-hybridized carbons (Fsp3) is 0.0909. The Labute approximate surface area is 92.1 Å². The van der Waals surface area contributed by atoms with Crippen LogP contribution < -0.4 is 5.73 Å². The second-order valence-electron chi connectivity index (χ2n) is 3.19. The molecule has 78 valence electrons. The summed E-state index contributed by atoms with van der Waals surface area (Å²) >= 11 is 5.76. The summed E-state index contributed by atoms with van der Waals surface area (Å²) in [6.07, 6.45) is 0.655. The molecule has 0 aliphatic heterocycles. The molecule has 1 unspecified atom stereocenters. The van der Waals surface area contributed by atoms with E-state index in [2.05, 4.69) is 0 Å². The number of benzene rings is 1. The molecule has 0 saturated heterocycles. The molecule has 0 amide bonds. The van der Waals surface area contributed by atoms with Crippen LogP contribution in [0.3, 0.4) is 0 Å². The summed E-state index contributed by atoms with van der Waals surface area (Å²) in [4.78, 5) is 0. The van der Waals surface area contributed by atoms with Crippen molar-refractivity contribution in [1.29, 1.82) is 0 Å². The zero-order valence-electron chi connectivity index (χ0n) is 7.85. The quantitative estimate of drug-likeness (QED) is 0.770. The predicted molar refractivity (Wildman–Crippen MR) is 58.6 cm³/mol. The SMILES string of the molecule is Nc1cc(Cl)ccc1C(O)c1ccco1. The van der Waals surface area contributed by atoms with Gasteiger partial charge in [-0.05, 0) is 24.3 Å². The maximum atomic E-state index is 9.94. The fourth-order valence-electron chi connectivity index (χ4n) is 1.39. The van der Waals surface area contributed by atoms with E-state index in [0.717, 1.165) is 0 Å². The van der Waals surface area contributed by atoms with Crippen molar-refractivity contribution in [3.63, 3.8) is 0 Å². The maximum absolute atomic E-state index is 9.94. The molecule has 0 radical (unpaired) electrons. The third-order valence-electron chi connectivity index (χ3n) is 2.16. The molecule has 1 atom stereocenters. The van der Waals surface area contributed by atoms with E-state index < -0.39 is 6.10 Å². The van der Waals surface area contributed by atoms with Crippen LogP contribution in [0.5, 0.6) is 0 Å². The monoisotopic (exact) mass is 223 g/mol. The Morgan fingerprint density at radius 1 is 1.33 bits per heavy atom. The largest absolute Gasteiger partial charge is 0.466 e. The molecule has 0 fully saturated rings. The Bertz CT molecular complexity index is 454. The minimum absolute atomic E-state index is 0.450. The third kappa shape index (κ3) is 1.98. The zero-order chi connectivity index (χ0) is 10.8. The van der Waals surface area contributed by atoms with Crippen molar-refractivity contribution in [2.45, 2.75) is 6.10 Å². The van der Waals surface area contributed by atoms with E-state index >= 15 is 0 Å². The fourth-order valence-corrected chi connectivity index (χ4v) is 1.58. The van der Waals surface area contributed by atoms with Crippen molar-refractivity contribution in [2.75, 3.05) is 5.73 Å². The van der Waals surface area contributed by atoms with Crippen molar-refractivity contribution in [3.05, 3.63) is 52.9 Å². The van der Waals surface area contributed by atoms with E-state index in [1.165, 1.54) is 6.26 Å². The van der Waals surface area contributed by atoms with Gasteiger partial charge in [0.05, 0.1) is 6.26 Å². The molecule has 1 aromatic carbocycles. The smallest absolute Gasteiger partial charge is 0.139 e. The Morgan fingerprint density at radius 2 is 2.13 bits per heavy atom. The van der Waals surface area contributed by atoms with Crippen LogP contribution in [-0.2, 0) is 0 Å². The lowest BCUT2D eigenvalue weighted by Gasteiger charge is -2.11. The van der Waals surface area contributed by atoms with Crippen LogP contribution in [-0.4, -0.2) is 5.11 Å². The lowest BCUT2D eigenvalue weighted by Crippen LogP contribution is -2.02. The zero-order valence-corrected chi connectivity index (χ0v) is 8.61. The molecule has 3 N–H and O–H groups in total. The molecule has 3 nitrogen and oxygen atoms in total. The third-order valence-corrected chi connectivity index (χ3v) is 2.39. The van der Waals surface area contributed by atoms with E-state index in [0.29, 0.717) is 22.0 Å². The number of hydrogen-bond acceptors (Lipinski definition) is 3. The minimum Gasteiger partial charge on any atom is -0.466 e. The van der Waals surface area contributed by atoms with Gasteiger partial charge in [0.2, 0.25) is 0 Å². The lowest BCUT2D eigenvalue weighted by atomic mass is 10.1. The number of aliphatic hydroxyl groups is 1. The number of rotatable bonds is 2. The van der Waals surface area contributed by atoms with E-state index in [1.807, 2.05) is 0 Å². The molecule has 0 saturated carbocycles. The van der Waals surface area contributed by atoms with Gasteiger partial charge in [-0.15, -0.1) is 0 Å². The van der Waals surface area contributed by atoms with Gasteiger partial charge < -0.3 is 15.3 Å². The molecule has 4 heteroatoms. The summed E-state index contributed by atoms with van der Waals surface area (Å²) in [7, 11) is 0. The number of nitrogens with two attached hydrogens (primary N) is 1. The summed E-state index contributed by atoms with van der Waals surface area (Å²) in [5, 5.41) is 10.5. The summed E-state index contributed by atoms with van der Waals surface area (Å²) in [6.45, 7) is 0. The van der Waals surface area contributed by atoms with Crippen LogP contribution in [0.15, 0.2) is 41.0 Å². The Morgan fingerprint density at radius 3 is 2.73 bits per heavy atom. The number of anilines is 1. The molecule has 15 heavy (non-hydrogen) atoms. The van der Waals surface area contributed by atoms with Crippen LogP contribution in [0.2, 0.25) is 5.02 Å². The normalized spacial score (nSPS) is 12.7. The Balaban J connectivity index is 2.38. The number of furan rings is 1. The van der Waals surface area contributed by atoms with Crippen LogP contribution in [0.25, 0.3) is 0 Å². The van der Waals surface area contributed by atoms with Gasteiger partial charge in [0, 0.05) is 16.3 Å². The first-order chi connectivity index (χ1) is 7.18. The maximum Gasteiger partial charge on any atom is 0.139 e. The second-order valence-corrected chi connectivity index (χ2v) is 3.63. The Hall–Kier alpha value is -1.45. The molecule has 0 spiro atoms. The van der Waals surface area contributed by atoms with Gasteiger partial charge in [-0.1, -0.05) is 17.7 Å². The first-order valence-corrected chi connectivity index (χ1v) is 4.82. The standard InChI is InChI=1S/C11H10ClNO2/c12-7-3-4-8(9(13)6-7)11(14)10-2-1-5-15-10/h1-6,11,14H,13H2. The molecule has 1 aromatic heterocycles. The molecular formula is C11H10ClNO2. The van der Waals surface area contributed by atoms with Gasteiger partial charge in [-0.2, -0.15) is 0 Å². The highest BCUT2D eigenvalue weighted by molar-refractivity contribution is 6.30. The first-order valence-electron chi connectivity index (χ1n) is 4.45. The average Bonchev–Trinajstić information content (AvgIpc) is 2.69. The average molecular weight is 224 g/mol. The van der Waals surface area contributed by atoms with Gasteiger partial charge in [0.25, 0.3) is 0 Å². The van der Waals surface area contributed by atoms with E-state index in [-0.39, 0.29) is 0 Å². The van der Waals surface area contributed by atoms with Crippen LogP contribution in [0.1, 0.15) is 17.4 Å². The van der Waals surface area contributed by atoms with Gasteiger partial charge in [0.1, 0.15) is 11.9 Å². The number of hydrogen-bond donors (Lipinski definition) is 2.